The highest BCUT2D eigenvalue weighted by atomic mass is 16.5. The van der Waals surface area contributed by atoms with Crippen LogP contribution in [0.3, 0.4) is 0 Å². The maximum atomic E-state index is 5.67. The third-order valence-corrected chi connectivity index (χ3v) is 3.10. The predicted octanol–water partition coefficient (Wildman–Crippen LogP) is 2.76. The molecule has 0 aliphatic carbocycles. The van der Waals surface area contributed by atoms with Crippen LogP contribution >= 0.6 is 0 Å². The summed E-state index contributed by atoms with van der Waals surface area (Å²) >= 11 is 0. The minimum Gasteiger partial charge on any atom is -0.492 e. The summed E-state index contributed by atoms with van der Waals surface area (Å²) in [4.78, 5) is 2.19. The van der Waals surface area contributed by atoms with Gasteiger partial charge in [0.25, 0.3) is 0 Å². The fourth-order valence-corrected chi connectivity index (χ4v) is 2.19. The molecule has 1 heterocycles. The molecule has 0 fully saturated rings. The highest BCUT2D eigenvalue weighted by Crippen LogP contribution is 2.28. The summed E-state index contributed by atoms with van der Waals surface area (Å²) < 4.78 is 7.52. The van der Waals surface area contributed by atoms with Crippen molar-refractivity contribution in [2.75, 3.05) is 18.6 Å². The maximum Gasteiger partial charge on any atom is 0.142 e. The third-order valence-electron chi connectivity index (χ3n) is 3.10. The number of nitrogens with zero attached hydrogens (tertiary/aromatic N) is 3. The molecule has 1 aromatic carbocycles. The van der Waals surface area contributed by atoms with Crippen molar-refractivity contribution in [2.24, 2.45) is 7.05 Å². The van der Waals surface area contributed by atoms with Crippen LogP contribution in [0.4, 0.5) is 5.69 Å². The van der Waals surface area contributed by atoms with Crippen molar-refractivity contribution in [3.63, 3.8) is 0 Å². The summed E-state index contributed by atoms with van der Waals surface area (Å²) in [5.41, 5.74) is 3.41. The first-order valence-corrected chi connectivity index (χ1v) is 6.54. The van der Waals surface area contributed by atoms with Gasteiger partial charge in [0.15, 0.2) is 0 Å². The molecule has 102 valence electrons. The smallest absolute Gasteiger partial charge is 0.142 e. The molecule has 0 saturated carbocycles. The molecule has 0 saturated heterocycles. The van der Waals surface area contributed by atoms with E-state index < -0.39 is 0 Å². The van der Waals surface area contributed by atoms with Gasteiger partial charge in [0, 0.05) is 32.4 Å². The molecule has 0 spiro atoms. The summed E-state index contributed by atoms with van der Waals surface area (Å²) in [6.07, 6.45) is 2.06. The zero-order valence-electron chi connectivity index (χ0n) is 12.1. The van der Waals surface area contributed by atoms with Gasteiger partial charge in [0.05, 0.1) is 18.0 Å². The lowest BCUT2D eigenvalue weighted by atomic mass is 10.2. The highest BCUT2D eigenvalue weighted by molar-refractivity contribution is 5.58. The van der Waals surface area contributed by atoms with Crippen molar-refractivity contribution in [3.05, 3.63) is 41.7 Å². The van der Waals surface area contributed by atoms with Crippen LogP contribution in [-0.4, -0.2) is 23.4 Å². The lowest BCUT2D eigenvalue weighted by Crippen LogP contribution is -2.17. The van der Waals surface area contributed by atoms with Gasteiger partial charge in [0.2, 0.25) is 0 Å². The molecule has 0 bridgehead atoms. The highest BCUT2D eigenvalue weighted by Gasteiger charge is 2.11. The van der Waals surface area contributed by atoms with Crippen molar-refractivity contribution in [2.45, 2.75) is 20.4 Å². The number of ether oxygens (including phenoxy) is 1. The van der Waals surface area contributed by atoms with Crippen molar-refractivity contribution >= 4 is 5.69 Å². The lowest BCUT2D eigenvalue weighted by molar-refractivity contribution is 0.340. The van der Waals surface area contributed by atoms with E-state index in [1.165, 1.54) is 5.56 Å². The molecule has 1 aromatic heterocycles. The van der Waals surface area contributed by atoms with E-state index >= 15 is 0 Å². The Bertz CT molecular complexity index is 548. The quantitative estimate of drug-likeness (QED) is 0.827. The second kappa shape index (κ2) is 5.78. The molecule has 0 N–H and O–H groups in total. The minimum atomic E-state index is 0.677. The zero-order chi connectivity index (χ0) is 13.8. The normalized spacial score (nSPS) is 10.5. The molecule has 4 nitrogen and oxygen atoms in total. The zero-order valence-corrected chi connectivity index (χ0v) is 12.1. The van der Waals surface area contributed by atoms with E-state index in [0.29, 0.717) is 6.61 Å². The number of para-hydroxylation sites is 2. The summed E-state index contributed by atoms with van der Waals surface area (Å²) in [5.74, 6) is 0.925. The maximum absolute atomic E-state index is 5.67. The molecular weight excluding hydrogens is 238 g/mol. The number of benzene rings is 1. The van der Waals surface area contributed by atoms with Crippen LogP contribution < -0.4 is 9.64 Å². The Hall–Kier alpha value is -1.97. The van der Waals surface area contributed by atoms with Crippen molar-refractivity contribution < 1.29 is 4.74 Å². The van der Waals surface area contributed by atoms with Crippen molar-refractivity contribution in [1.29, 1.82) is 0 Å². The van der Waals surface area contributed by atoms with E-state index in [9.17, 15) is 0 Å². The molecule has 0 unspecified atom stereocenters. The van der Waals surface area contributed by atoms with Crippen molar-refractivity contribution in [1.82, 2.24) is 9.78 Å². The first kappa shape index (κ1) is 13.5. The SMILES string of the molecule is CCOc1ccccc1N(C)Cc1cn(C)nc1C. The first-order chi connectivity index (χ1) is 9.11. The van der Waals surface area contributed by atoms with Gasteiger partial charge in [-0.2, -0.15) is 5.10 Å². The van der Waals surface area contributed by atoms with Gasteiger partial charge in [-0.05, 0) is 26.0 Å². The van der Waals surface area contributed by atoms with Gasteiger partial charge >= 0.3 is 0 Å². The Kier molecular flexibility index (Phi) is 4.10. The second-order valence-corrected chi connectivity index (χ2v) is 4.67. The summed E-state index contributed by atoms with van der Waals surface area (Å²) in [6.45, 7) is 5.54. The number of hydrogen-bond donors (Lipinski definition) is 0. The fourth-order valence-electron chi connectivity index (χ4n) is 2.19. The molecule has 19 heavy (non-hydrogen) atoms. The summed E-state index contributed by atoms with van der Waals surface area (Å²) in [7, 11) is 4.02. The molecule has 0 aliphatic heterocycles. The van der Waals surface area contributed by atoms with E-state index in [0.717, 1.165) is 23.7 Å². The third kappa shape index (κ3) is 3.08. The number of aromatic nitrogens is 2. The number of rotatable bonds is 5. The lowest BCUT2D eigenvalue weighted by Gasteiger charge is -2.21. The molecule has 4 heteroatoms. The van der Waals surface area contributed by atoms with Crippen LogP contribution in [-0.2, 0) is 13.6 Å². The van der Waals surface area contributed by atoms with Crippen LogP contribution in [0, 0.1) is 6.92 Å². The first-order valence-electron chi connectivity index (χ1n) is 6.54. The Morgan fingerprint density at radius 1 is 1.32 bits per heavy atom. The van der Waals surface area contributed by atoms with Gasteiger partial charge in [0.1, 0.15) is 5.75 Å². The monoisotopic (exact) mass is 259 g/mol. The van der Waals surface area contributed by atoms with E-state index in [2.05, 4.69) is 29.3 Å². The molecule has 0 aliphatic rings. The van der Waals surface area contributed by atoms with E-state index in [1.54, 1.807) is 0 Å². The summed E-state index contributed by atoms with van der Waals surface area (Å²) in [5, 5.41) is 4.38. The van der Waals surface area contributed by atoms with E-state index in [4.69, 9.17) is 4.74 Å². The average molecular weight is 259 g/mol. The van der Waals surface area contributed by atoms with Gasteiger partial charge < -0.3 is 9.64 Å². The molecule has 2 aromatic rings. The van der Waals surface area contributed by atoms with Gasteiger partial charge in [-0.25, -0.2) is 0 Å². The van der Waals surface area contributed by atoms with Crippen LogP contribution in [0.25, 0.3) is 0 Å². The van der Waals surface area contributed by atoms with Gasteiger partial charge in [-0.1, -0.05) is 12.1 Å². The Morgan fingerprint density at radius 3 is 2.68 bits per heavy atom. The molecule has 0 atom stereocenters. The van der Waals surface area contributed by atoms with Gasteiger partial charge in [-0.3, -0.25) is 4.68 Å². The Balaban J connectivity index is 2.20. The standard InChI is InChI=1S/C15H21N3O/c1-5-19-15-9-7-6-8-14(15)17(3)10-13-11-18(4)16-12(13)2/h6-9,11H,5,10H2,1-4H3. The molecular formula is C15H21N3O. The molecule has 0 radical (unpaired) electrons. The largest absolute Gasteiger partial charge is 0.492 e. The molecule has 2 rings (SSSR count). The second-order valence-electron chi connectivity index (χ2n) is 4.67. The number of aryl methyl sites for hydroxylation is 2. The van der Waals surface area contributed by atoms with Crippen LogP contribution in [0.5, 0.6) is 5.75 Å². The number of anilines is 1. The predicted molar refractivity (Wildman–Crippen MR) is 77.7 cm³/mol. The Labute approximate surface area is 114 Å². The average Bonchev–Trinajstić information content (AvgIpc) is 2.69. The van der Waals surface area contributed by atoms with E-state index in [-0.39, 0.29) is 0 Å². The van der Waals surface area contributed by atoms with E-state index in [1.807, 2.05) is 43.8 Å². The van der Waals surface area contributed by atoms with Crippen LogP contribution in [0.2, 0.25) is 0 Å². The minimum absolute atomic E-state index is 0.677. The van der Waals surface area contributed by atoms with Crippen molar-refractivity contribution in [3.8, 4) is 5.75 Å². The molecule has 0 amide bonds. The fraction of sp³-hybridized carbons (Fsp3) is 0.400. The summed E-state index contributed by atoms with van der Waals surface area (Å²) in [6, 6.07) is 8.12. The van der Waals surface area contributed by atoms with Gasteiger partial charge in [-0.15, -0.1) is 0 Å². The van der Waals surface area contributed by atoms with Crippen LogP contribution in [0.15, 0.2) is 30.5 Å². The Morgan fingerprint density at radius 2 is 2.05 bits per heavy atom. The van der Waals surface area contributed by atoms with Crippen LogP contribution in [0.1, 0.15) is 18.2 Å². The number of hydrogen-bond acceptors (Lipinski definition) is 3. The topological polar surface area (TPSA) is 30.3 Å².